The first-order chi connectivity index (χ1) is 12.9. The summed E-state index contributed by atoms with van der Waals surface area (Å²) in [6, 6.07) is 11.3. The standard InChI is InChI=1S/C18H17ClN2O6/c1-20(9-13-10-25-16-4-2-3-5-17(16)27-13)18(22)11-26-15-7-6-12(19)8-14(15)21(23)24/h2-8,13H,9-11H2,1H3/t13-/m1/s1. The molecule has 142 valence electrons. The minimum absolute atomic E-state index is 0.0164. The molecule has 0 unspecified atom stereocenters. The van der Waals surface area contributed by atoms with Gasteiger partial charge in [0.05, 0.1) is 11.5 Å². The molecule has 0 saturated heterocycles. The van der Waals surface area contributed by atoms with Gasteiger partial charge in [0.25, 0.3) is 5.91 Å². The highest BCUT2D eigenvalue weighted by Gasteiger charge is 2.24. The van der Waals surface area contributed by atoms with Crippen molar-refractivity contribution in [1.82, 2.24) is 4.90 Å². The second kappa shape index (κ2) is 8.13. The van der Waals surface area contributed by atoms with Crippen LogP contribution in [0.5, 0.6) is 17.2 Å². The summed E-state index contributed by atoms with van der Waals surface area (Å²) in [6.07, 6.45) is -0.321. The monoisotopic (exact) mass is 392 g/mol. The summed E-state index contributed by atoms with van der Waals surface area (Å²) in [5.41, 5.74) is -0.293. The van der Waals surface area contributed by atoms with E-state index in [1.54, 1.807) is 13.1 Å². The maximum Gasteiger partial charge on any atom is 0.312 e. The number of likely N-dealkylation sites (N-methyl/N-ethyl adjacent to an activating group) is 1. The zero-order valence-electron chi connectivity index (χ0n) is 14.5. The fourth-order valence-electron chi connectivity index (χ4n) is 2.57. The van der Waals surface area contributed by atoms with Gasteiger partial charge in [-0.3, -0.25) is 14.9 Å². The van der Waals surface area contributed by atoms with Crippen molar-refractivity contribution in [3.05, 3.63) is 57.6 Å². The number of nitro groups is 1. The lowest BCUT2D eigenvalue weighted by Crippen LogP contribution is -2.43. The maximum absolute atomic E-state index is 12.3. The molecule has 1 amide bonds. The van der Waals surface area contributed by atoms with E-state index in [9.17, 15) is 14.9 Å². The summed E-state index contributed by atoms with van der Waals surface area (Å²) in [4.78, 5) is 24.2. The van der Waals surface area contributed by atoms with E-state index in [2.05, 4.69) is 0 Å². The zero-order chi connectivity index (χ0) is 19.4. The minimum Gasteiger partial charge on any atom is -0.486 e. The van der Waals surface area contributed by atoms with Gasteiger partial charge in [0.15, 0.2) is 30.0 Å². The summed E-state index contributed by atoms with van der Waals surface area (Å²) in [5, 5.41) is 11.3. The third-order valence-corrected chi connectivity index (χ3v) is 4.17. The van der Waals surface area contributed by atoms with E-state index >= 15 is 0 Å². The quantitative estimate of drug-likeness (QED) is 0.554. The average molecular weight is 393 g/mol. The highest BCUT2D eigenvalue weighted by Crippen LogP contribution is 2.31. The van der Waals surface area contributed by atoms with Crippen molar-refractivity contribution < 1.29 is 23.9 Å². The summed E-state index contributed by atoms with van der Waals surface area (Å²) in [5.74, 6) is 0.933. The molecule has 0 bridgehead atoms. The zero-order valence-corrected chi connectivity index (χ0v) is 15.2. The molecule has 0 aromatic heterocycles. The van der Waals surface area contributed by atoms with Crippen LogP contribution in [0.4, 0.5) is 5.69 Å². The van der Waals surface area contributed by atoms with Gasteiger partial charge in [-0.2, -0.15) is 0 Å². The molecule has 0 fully saturated rings. The predicted octanol–water partition coefficient (Wildman–Crippen LogP) is 2.93. The van der Waals surface area contributed by atoms with Crippen LogP contribution in [0.2, 0.25) is 5.02 Å². The van der Waals surface area contributed by atoms with Crippen LogP contribution in [-0.4, -0.2) is 48.6 Å². The van der Waals surface area contributed by atoms with E-state index in [-0.39, 0.29) is 35.1 Å². The maximum atomic E-state index is 12.3. The van der Waals surface area contributed by atoms with Crippen molar-refractivity contribution in [2.24, 2.45) is 0 Å². The molecule has 0 saturated carbocycles. The molecule has 2 aromatic rings. The van der Waals surface area contributed by atoms with E-state index in [4.69, 9.17) is 25.8 Å². The molecule has 8 nitrogen and oxygen atoms in total. The first kappa shape index (κ1) is 18.8. The molecule has 1 aliphatic rings. The number of para-hydroxylation sites is 2. The number of halogens is 1. The van der Waals surface area contributed by atoms with E-state index in [1.165, 1.54) is 23.1 Å². The average Bonchev–Trinajstić information content (AvgIpc) is 2.66. The SMILES string of the molecule is CN(C[C@@H]1COc2ccccc2O1)C(=O)COc1ccc(Cl)cc1[N+](=O)[O-]. The van der Waals surface area contributed by atoms with Crippen molar-refractivity contribution in [1.29, 1.82) is 0 Å². The highest BCUT2D eigenvalue weighted by atomic mass is 35.5. The summed E-state index contributed by atoms with van der Waals surface area (Å²) < 4.78 is 16.8. The fraction of sp³-hybridized carbons (Fsp3) is 0.278. The molecule has 2 aromatic carbocycles. The lowest BCUT2D eigenvalue weighted by molar-refractivity contribution is -0.385. The topological polar surface area (TPSA) is 91.1 Å². The number of fused-ring (bicyclic) bond motifs is 1. The van der Waals surface area contributed by atoms with Crippen LogP contribution >= 0.6 is 11.6 Å². The van der Waals surface area contributed by atoms with Crippen LogP contribution in [-0.2, 0) is 4.79 Å². The van der Waals surface area contributed by atoms with Crippen LogP contribution in [0, 0.1) is 10.1 Å². The van der Waals surface area contributed by atoms with Gasteiger partial charge < -0.3 is 19.1 Å². The number of benzene rings is 2. The second-order valence-corrected chi connectivity index (χ2v) is 6.37. The number of rotatable bonds is 6. The lowest BCUT2D eigenvalue weighted by Gasteiger charge is -2.29. The van der Waals surface area contributed by atoms with Gasteiger partial charge in [0, 0.05) is 18.1 Å². The molecule has 3 rings (SSSR count). The number of carbonyl (C=O) groups excluding carboxylic acids is 1. The second-order valence-electron chi connectivity index (χ2n) is 5.93. The van der Waals surface area contributed by atoms with Gasteiger partial charge in [-0.15, -0.1) is 0 Å². The molecule has 0 aliphatic carbocycles. The largest absolute Gasteiger partial charge is 0.486 e. The van der Waals surface area contributed by atoms with Gasteiger partial charge in [-0.25, -0.2) is 0 Å². The van der Waals surface area contributed by atoms with Gasteiger partial charge in [0.2, 0.25) is 0 Å². The Kier molecular flexibility index (Phi) is 5.66. The Hall–Kier alpha value is -3.00. The van der Waals surface area contributed by atoms with E-state index in [1.807, 2.05) is 18.2 Å². The first-order valence-corrected chi connectivity index (χ1v) is 8.51. The molecular weight excluding hydrogens is 376 g/mol. The molecule has 0 spiro atoms. The number of nitro benzene ring substituents is 1. The number of ether oxygens (including phenoxy) is 3. The highest BCUT2D eigenvalue weighted by molar-refractivity contribution is 6.30. The van der Waals surface area contributed by atoms with Crippen LogP contribution in [0.1, 0.15) is 0 Å². The van der Waals surface area contributed by atoms with Gasteiger partial charge >= 0.3 is 5.69 Å². The molecule has 1 heterocycles. The van der Waals surface area contributed by atoms with Crippen LogP contribution < -0.4 is 14.2 Å². The van der Waals surface area contributed by atoms with Crippen molar-refractivity contribution in [2.75, 3.05) is 26.8 Å². The Morgan fingerprint density at radius 2 is 2.07 bits per heavy atom. The summed E-state index contributed by atoms with van der Waals surface area (Å²) >= 11 is 5.76. The van der Waals surface area contributed by atoms with Crippen molar-refractivity contribution >= 4 is 23.2 Å². The van der Waals surface area contributed by atoms with Crippen LogP contribution in [0.25, 0.3) is 0 Å². The predicted molar refractivity (Wildman–Crippen MR) is 97.6 cm³/mol. The van der Waals surface area contributed by atoms with E-state index < -0.39 is 4.92 Å². The Bertz CT molecular complexity index is 859. The third-order valence-electron chi connectivity index (χ3n) is 3.94. The van der Waals surface area contributed by atoms with Crippen LogP contribution in [0.3, 0.4) is 0 Å². The Morgan fingerprint density at radius 1 is 1.33 bits per heavy atom. The number of hydrogen-bond donors (Lipinski definition) is 0. The van der Waals surface area contributed by atoms with Gasteiger partial charge in [-0.1, -0.05) is 23.7 Å². The number of carbonyl (C=O) groups is 1. The molecule has 27 heavy (non-hydrogen) atoms. The Balaban J connectivity index is 1.55. The van der Waals surface area contributed by atoms with E-state index in [0.717, 1.165) is 0 Å². The molecular formula is C18H17ClN2O6. The molecule has 1 aliphatic heterocycles. The molecule has 0 N–H and O–H groups in total. The number of nitrogens with zero attached hydrogens (tertiary/aromatic N) is 2. The normalized spacial score (nSPS) is 15.1. The van der Waals surface area contributed by atoms with Crippen molar-refractivity contribution in [3.63, 3.8) is 0 Å². The van der Waals surface area contributed by atoms with Gasteiger partial charge in [-0.05, 0) is 24.3 Å². The van der Waals surface area contributed by atoms with Gasteiger partial charge in [0.1, 0.15) is 6.61 Å². The Labute approximate surface area is 160 Å². The first-order valence-electron chi connectivity index (χ1n) is 8.13. The number of hydrogen-bond acceptors (Lipinski definition) is 6. The summed E-state index contributed by atoms with van der Waals surface area (Å²) in [7, 11) is 1.60. The molecule has 9 heteroatoms. The van der Waals surface area contributed by atoms with Crippen molar-refractivity contribution in [3.8, 4) is 17.2 Å². The fourth-order valence-corrected chi connectivity index (χ4v) is 2.73. The molecule has 1 atom stereocenters. The van der Waals surface area contributed by atoms with E-state index in [0.29, 0.717) is 24.7 Å². The Morgan fingerprint density at radius 3 is 2.81 bits per heavy atom. The molecule has 0 radical (unpaired) electrons. The smallest absolute Gasteiger partial charge is 0.312 e. The lowest BCUT2D eigenvalue weighted by atomic mass is 10.2. The van der Waals surface area contributed by atoms with Crippen molar-refractivity contribution in [2.45, 2.75) is 6.10 Å². The third kappa shape index (κ3) is 4.59. The minimum atomic E-state index is -0.611. The summed E-state index contributed by atoms with van der Waals surface area (Å²) in [6.45, 7) is 0.264. The van der Waals surface area contributed by atoms with Crippen LogP contribution in [0.15, 0.2) is 42.5 Å². The number of amides is 1.